The zero-order chi connectivity index (χ0) is 11.3. The first kappa shape index (κ1) is 12.5. The molecule has 2 unspecified atom stereocenters. The molecule has 1 aliphatic carbocycles. The summed E-state index contributed by atoms with van der Waals surface area (Å²) < 4.78 is 0. The molecule has 2 N–H and O–H groups in total. The Morgan fingerprint density at radius 3 is 2.20 bits per heavy atom. The second kappa shape index (κ2) is 5.47. The van der Waals surface area contributed by atoms with E-state index in [0.717, 1.165) is 25.7 Å². The molecular weight excluding hydrogens is 188 g/mol. The van der Waals surface area contributed by atoms with Crippen LogP contribution in [0.25, 0.3) is 0 Å². The van der Waals surface area contributed by atoms with E-state index in [2.05, 4.69) is 13.2 Å². The molecule has 0 amide bonds. The van der Waals surface area contributed by atoms with Crippen molar-refractivity contribution in [2.75, 3.05) is 0 Å². The molecule has 0 heterocycles. The third-order valence-corrected chi connectivity index (χ3v) is 3.23. The molecular formula is C13H22O2. The molecule has 0 aliphatic heterocycles. The molecule has 1 fully saturated rings. The van der Waals surface area contributed by atoms with Gasteiger partial charge in [-0.15, -0.1) is 13.2 Å². The van der Waals surface area contributed by atoms with Gasteiger partial charge in [-0.2, -0.15) is 0 Å². The Morgan fingerprint density at radius 1 is 1.20 bits per heavy atom. The fourth-order valence-electron chi connectivity index (χ4n) is 2.56. The molecule has 0 aromatic heterocycles. The standard InChI is InChI=1S/C13H22O2/c1-3-7-13(15,8-4-2)10-11-5-6-12(14)9-11/h3-4,11-12,14-15H,1-2,5-10H2. The molecule has 2 heteroatoms. The molecule has 2 nitrogen and oxygen atoms in total. The lowest BCUT2D eigenvalue weighted by Crippen LogP contribution is -2.30. The van der Waals surface area contributed by atoms with Gasteiger partial charge in [0.25, 0.3) is 0 Å². The van der Waals surface area contributed by atoms with Crippen LogP contribution >= 0.6 is 0 Å². The summed E-state index contributed by atoms with van der Waals surface area (Å²) in [5.74, 6) is 0.449. The predicted molar refractivity (Wildman–Crippen MR) is 62.5 cm³/mol. The summed E-state index contributed by atoms with van der Waals surface area (Å²) in [4.78, 5) is 0. The summed E-state index contributed by atoms with van der Waals surface area (Å²) in [5.41, 5.74) is -0.696. The van der Waals surface area contributed by atoms with E-state index in [1.54, 1.807) is 12.2 Å². The fourth-order valence-corrected chi connectivity index (χ4v) is 2.56. The van der Waals surface area contributed by atoms with Gasteiger partial charge in [-0.1, -0.05) is 12.2 Å². The minimum absolute atomic E-state index is 0.160. The number of hydrogen-bond acceptors (Lipinski definition) is 2. The van der Waals surface area contributed by atoms with Crippen molar-refractivity contribution in [1.82, 2.24) is 0 Å². The van der Waals surface area contributed by atoms with Crippen LogP contribution in [0.15, 0.2) is 25.3 Å². The minimum Gasteiger partial charge on any atom is -0.393 e. The Kier molecular flexibility index (Phi) is 4.55. The number of rotatable bonds is 6. The van der Waals surface area contributed by atoms with Crippen molar-refractivity contribution in [3.8, 4) is 0 Å². The summed E-state index contributed by atoms with van der Waals surface area (Å²) >= 11 is 0. The molecule has 2 atom stereocenters. The van der Waals surface area contributed by atoms with Crippen LogP contribution in [0.2, 0.25) is 0 Å². The van der Waals surface area contributed by atoms with Crippen LogP contribution in [0.4, 0.5) is 0 Å². The van der Waals surface area contributed by atoms with Crippen LogP contribution in [-0.4, -0.2) is 21.9 Å². The summed E-state index contributed by atoms with van der Waals surface area (Å²) in [6.07, 6.45) is 8.05. The third kappa shape index (κ3) is 3.80. The Labute approximate surface area is 92.3 Å². The van der Waals surface area contributed by atoms with Gasteiger partial charge in [0.2, 0.25) is 0 Å². The van der Waals surface area contributed by atoms with Crippen molar-refractivity contribution in [3.05, 3.63) is 25.3 Å². The van der Waals surface area contributed by atoms with Crippen LogP contribution in [0, 0.1) is 5.92 Å². The van der Waals surface area contributed by atoms with Crippen LogP contribution < -0.4 is 0 Å². The first-order chi connectivity index (χ1) is 7.09. The first-order valence-corrected chi connectivity index (χ1v) is 5.72. The van der Waals surface area contributed by atoms with Gasteiger partial charge in [-0.05, 0) is 44.4 Å². The van der Waals surface area contributed by atoms with Crippen LogP contribution in [0.5, 0.6) is 0 Å². The van der Waals surface area contributed by atoms with Crippen LogP contribution in [0.1, 0.15) is 38.5 Å². The Morgan fingerprint density at radius 2 is 1.80 bits per heavy atom. The van der Waals surface area contributed by atoms with E-state index in [0.29, 0.717) is 18.8 Å². The molecule has 0 spiro atoms. The van der Waals surface area contributed by atoms with Crippen molar-refractivity contribution >= 4 is 0 Å². The third-order valence-electron chi connectivity index (χ3n) is 3.23. The maximum absolute atomic E-state index is 10.3. The van der Waals surface area contributed by atoms with Gasteiger partial charge in [0.05, 0.1) is 11.7 Å². The van der Waals surface area contributed by atoms with Gasteiger partial charge in [-0.3, -0.25) is 0 Å². The average Bonchev–Trinajstić information content (AvgIpc) is 2.51. The Balaban J connectivity index is 2.49. The van der Waals surface area contributed by atoms with Gasteiger partial charge < -0.3 is 10.2 Å². The van der Waals surface area contributed by atoms with Crippen molar-refractivity contribution in [3.63, 3.8) is 0 Å². The second-order valence-corrected chi connectivity index (χ2v) is 4.75. The zero-order valence-corrected chi connectivity index (χ0v) is 9.36. The van der Waals surface area contributed by atoms with Gasteiger partial charge in [-0.25, -0.2) is 0 Å². The summed E-state index contributed by atoms with van der Waals surface area (Å²) in [6, 6.07) is 0. The van der Waals surface area contributed by atoms with Crippen molar-refractivity contribution in [2.45, 2.75) is 50.2 Å². The quantitative estimate of drug-likeness (QED) is 0.661. The van der Waals surface area contributed by atoms with Crippen LogP contribution in [0.3, 0.4) is 0 Å². The molecule has 0 bridgehead atoms. The highest BCUT2D eigenvalue weighted by Gasteiger charge is 2.32. The predicted octanol–water partition coefficient (Wildman–Crippen LogP) is 2.42. The highest BCUT2D eigenvalue weighted by atomic mass is 16.3. The summed E-state index contributed by atoms with van der Waals surface area (Å²) in [6.45, 7) is 7.35. The SMILES string of the molecule is C=CCC(O)(CC=C)CC1CCC(O)C1. The Hall–Kier alpha value is -0.600. The maximum Gasteiger partial charge on any atom is 0.0718 e. The van der Waals surface area contributed by atoms with Crippen molar-refractivity contribution in [2.24, 2.45) is 5.92 Å². The molecule has 1 aliphatic rings. The average molecular weight is 210 g/mol. The monoisotopic (exact) mass is 210 g/mol. The minimum atomic E-state index is -0.696. The van der Waals surface area contributed by atoms with Crippen LogP contribution in [-0.2, 0) is 0 Å². The molecule has 86 valence electrons. The zero-order valence-electron chi connectivity index (χ0n) is 9.36. The largest absolute Gasteiger partial charge is 0.393 e. The molecule has 0 aromatic carbocycles. The number of aliphatic hydroxyl groups excluding tert-OH is 1. The Bertz CT molecular complexity index is 213. The molecule has 0 radical (unpaired) electrons. The van der Waals surface area contributed by atoms with E-state index in [9.17, 15) is 10.2 Å². The smallest absolute Gasteiger partial charge is 0.0718 e. The molecule has 0 saturated heterocycles. The second-order valence-electron chi connectivity index (χ2n) is 4.75. The van der Waals surface area contributed by atoms with Gasteiger partial charge >= 0.3 is 0 Å². The summed E-state index contributed by atoms with van der Waals surface area (Å²) in [7, 11) is 0. The van der Waals surface area contributed by atoms with E-state index in [4.69, 9.17) is 0 Å². The normalized spacial score (nSPS) is 26.5. The highest BCUT2D eigenvalue weighted by molar-refractivity contribution is 4.94. The topological polar surface area (TPSA) is 40.5 Å². The number of hydrogen-bond donors (Lipinski definition) is 2. The molecule has 15 heavy (non-hydrogen) atoms. The van der Waals surface area contributed by atoms with Crippen molar-refractivity contribution in [1.29, 1.82) is 0 Å². The van der Waals surface area contributed by atoms with Gasteiger partial charge in [0.15, 0.2) is 0 Å². The van der Waals surface area contributed by atoms with E-state index < -0.39 is 5.60 Å². The lowest BCUT2D eigenvalue weighted by Gasteiger charge is -2.28. The van der Waals surface area contributed by atoms with E-state index in [-0.39, 0.29) is 6.10 Å². The van der Waals surface area contributed by atoms with Gasteiger partial charge in [0, 0.05) is 0 Å². The maximum atomic E-state index is 10.3. The highest BCUT2D eigenvalue weighted by Crippen LogP contribution is 2.35. The molecule has 1 rings (SSSR count). The molecule has 1 saturated carbocycles. The van der Waals surface area contributed by atoms with E-state index in [1.807, 2.05) is 0 Å². The fraction of sp³-hybridized carbons (Fsp3) is 0.692. The lowest BCUT2D eigenvalue weighted by atomic mass is 9.84. The van der Waals surface area contributed by atoms with E-state index in [1.165, 1.54) is 0 Å². The first-order valence-electron chi connectivity index (χ1n) is 5.72. The number of aliphatic hydroxyl groups is 2. The molecule has 0 aromatic rings. The lowest BCUT2D eigenvalue weighted by molar-refractivity contribution is 0.0199. The summed E-state index contributed by atoms with van der Waals surface area (Å²) in [5, 5.41) is 19.8. The van der Waals surface area contributed by atoms with Crippen molar-refractivity contribution < 1.29 is 10.2 Å². The van der Waals surface area contributed by atoms with E-state index >= 15 is 0 Å². The van der Waals surface area contributed by atoms with Gasteiger partial charge in [0.1, 0.15) is 0 Å².